The topological polar surface area (TPSA) is 67.1 Å². The monoisotopic (exact) mass is 371 g/mol. The second kappa shape index (κ2) is 6.46. The first-order chi connectivity index (χ1) is 12.1. The fourth-order valence-electron chi connectivity index (χ4n) is 2.86. The molecule has 2 heterocycles. The summed E-state index contributed by atoms with van der Waals surface area (Å²) in [6.07, 6.45) is 1.69. The summed E-state index contributed by atoms with van der Waals surface area (Å²) in [5.41, 5.74) is 2.68. The van der Waals surface area contributed by atoms with Crippen LogP contribution in [0.25, 0.3) is 5.69 Å². The van der Waals surface area contributed by atoms with Crippen LogP contribution in [0.2, 0.25) is 5.02 Å². The van der Waals surface area contributed by atoms with Gasteiger partial charge in [-0.3, -0.25) is 9.36 Å². The molecule has 2 N–H and O–H groups in total. The van der Waals surface area contributed by atoms with Crippen molar-refractivity contribution in [2.24, 2.45) is 0 Å². The number of hydrogen-bond donors (Lipinski definition) is 2. The maximum absolute atomic E-state index is 12.0. The van der Waals surface area contributed by atoms with Crippen LogP contribution < -0.4 is 5.32 Å². The molecule has 4 rings (SSSR count). The molecule has 0 aliphatic carbocycles. The van der Waals surface area contributed by atoms with E-state index in [4.69, 9.17) is 11.6 Å². The molecule has 0 radical (unpaired) electrons. The number of rotatable bonds is 2. The van der Waals surface area contributed by atoms with Gasteiger partial charge < -0.3 is 10.4 Å². The number of aromatic hydroxyl groups is 1. The minimum atomic E-state index is -0.140. The molecule has 0 fully saturated rings. The lowest BCUT2D eigenvalue weighted by atomic mass is 10.1. The van der Waals surface area contributed by atoms with Gasteiger partial charge in [-0.25, -0.2) is 4.98 Å². The molecule has 126 valence electrons. The highest BCUT2D eigenvalue weighted by atomic mass is 35.5. The van der Waals surface area contributed by atoms with Crippen LogP contribution in [0.5, 0.6) is 5.75 Å². The van der Waals surface area contributed by atoms with Crippen LogP contribution in [0.3, 0.4) is 0 Å². The second-order valence-corrected chi connectivity index (χ2v) is 7.19. The molecule has 0 unspecified atom stereocenters. The quantitative estimate of drug-likeness (QED) is 0.714. The molecule has 3 aromatic rings. The fraction of sp³-hybridized carbons (Fsp3) is 0.111. The Morgan fingerprint density at radius 3 is 2.80 bits per heavy atom. The molecule has 0 spiro atoms. The Labute approximate surface area is 153 Å². The second-order valence-electron chi connectivity index (χ2n) is 5.66. The average Bonchev–Trinajstić information content (AvgIpc) is 2.91. The predicted octanol–water partition coefficient (Wildman–Crippen LogP) is 4.01. The lowest BCUT2D eigenvalue weighted by Crippen LogP contribution is -2.12. The first kappa shape index (κ1) is 16.1. The fourth-order valence-corrected chi connectivity index (χ4v) is 4.10. The molecule has 25 heavy (non-hydrogen) atoms. The lowest BCUT2D eigenvalue weighted by molar-refractivity contribution is -0.113. The molecule has 0 saturated heterocycles. The van der Waals surface area contributed by atoms with E-state index in [1.165, 1.54) is 11.8 Å². The van der Waals surface area contributed by atoms with Gasteiger partial charge in [0.1, 0.15) is 12.1 Å². The summed E-state index contributed by atoms with van der Waals surface area (Å²) in [7, 11) is 0. The molecule has 7 heteroatoms. The third-order valence-corrected chi connectivity index (χ3v) is 5.48. The van der Waals surface area contributed by atoms with Crippen LogP contribution in [0.4, 0.5) is 5.82 Å². The van der Waals surface area contributed by atoms with E-state index in [0.29, 0.717) is 16.6 Å². The number of carbonyl (C=O) groups is 1. The molecule has 1 amide bonds. The van der Waals surface area contributed by atoms with Gasteiger partial charge in [0.25, 0.3) is 0 Å². The SMILES string of the molecule is O=C1CS[C@H](c2cccc(O)c2)c2c(ncn2-c2ccc(Cl)cc2)N1. The molecular weight excluding hydrogens is 358 g/mol. The van der Waals surface area contributed by atoms with Gasteiger partial charge in [0.2, 0.25) is 5.91 Å². The Kier molecular flexibility index (Phi) is 4.15. The van der Waals surface area contributed by atoms with Crippen molar-refractivity contribution in [1.29, 1.82) is 0 Å². The Morgan fingerprint density at radius 2 is 2.04 bits per heavy atom. The van der Waals surface area contributed by atoms with Gasteiger partial charge in [-0.05, 0) is 42.0 Å². The number of imidazole rings is 1. The number of phenols is 1. The van der Waals surface area contributed by atoms with Crippen LogP contribution in [0.1, 0.15) is 16.5 Å². The molecule has 1 atom stereocenters. The summed E-state index contributed by atoms with van der Waals surface area (Å²) in [5.74, 6) is 0.964. The van der Waals surface area contributed by atoms with E-state index in [-0.39, 0.29) is 16.9 Å². The van der Waals surface area contributed by atoms with E-state index in [9.17, 15) is 9.90 Å². The van der Waals surface area contributed by atoms with E-state index in [1.807, 2.05) is 34.9 Å². The zero-order valence-electron chi connectivity index (χ0n) is 13.0. The van der Waals surface area contributed by atoms with Gasteiger partial charge in [-0.15, -0.1) is 11.8 Å². The number of carbonyl (C=O) groups excluding carboxylic acids is 1. The Balaban J connectivity index is 1.88. The Morgan fingerprint density at radius 1 is 1.24 bits per heavy atom. The Bertz CT molecular complexity index is 940. The van der Waals surface area contributed by atoms with Gasteiger partial charge in [-0.1, -0.05) is 23.7 Å². The van der Waals surface area contributed by atoms with Crippen molar-refractivity contribution in [3.63, 3.8) is 0 Å². The number of halogens is 1. The number of nitrogens with zero attached hydrogens (tertiary/aromatic N) is 2. The van der Waals surface area contributed by atoms with Crippen LogP contribution in [-0.4, -0.2) is 26.3 Å². The van der Waals surface area contributed by atoms with Gasteiger partial charge in [-0.2, -0.15) is 0 Å². The third kappa shape index (κ3) is 3.10. The largest absolute Gasteiger partial charge is 0.508 e. The molecule has 0 bridgehead atoms. The van der Waals surface area contributed by atoms with Crippen LogP contribution in [0.15, 0.2) is 54.9 Å². The summed E-state index contributed by atoms with van der Waals surface area (Å²) in [5, 5.41) is 13.2. The predicted molar refractivity (Wildman–Crippen MR) is 99.6 cm³/mol. The van der Waals surface area contributed by atoms with Crippen molar-refractivity contribution >= 4 is 35.1 Å². The number of aromatic nitrogens is 2. The van der Waals surface area contributed by atoms with Crippen molar-refractivity contribution in [3.05, 3.63) is 71.1 Å². The van der Waals surface area contributed by atoms with Gasteiger partial charge >= 0.3 is 0 Å². The van der Waals surface area contributed by atoms with Crippen LogP contribution in [-0.2, 0) is 4.79 Å². The van der Waals surface area contributed by atoms with Gasteiger partial charge in [0.05, 0.1) is 16.7 Å². The summed E-state index contributed by atoms with van der Waals surface area (Å²) in [6.45, 7) is 0. The number of nitrogens with one attached hydrogen (secondary N) is 1. The van der Waals surface area contributed by atoms with Gasteiger partial charge in [0, 0.05) is 10.7 Å². The van der Waals surface area contributed by atoms with E-state index in [2.05, 4.69) is 10.3 Å². The normalized spacial score (nSPS) is 16.8. The first-order valence-electron chi connectivity index (χ1n) is 7.65. The maximum atomic E-state index is 12.0. The number of thioether (sulfide) groups is 1. The van der Waals surface area contributed by atoms with E-state index < -0.39 is 0 Å². The summed E-state index contributed by atoms with van der Waals surface area (Å²) < 4.78 is 1.94. The number of anilines is 1. The van der Waals surface area contributed by atoms with Gasteiger partial charge in [0.15, 0.2) is 5.82 Å². The van der Waals surface area contributed by atoms with Crippen molar-refractivity contribution in [1.82, 2.24) is 9.55 Å². The van der Waals surface area contributed by atoms with Crippen LogP contribution >= 0.6 is 23.4 Å². The third-order valence-electron chi connectivity index (χ3n) is 3.97. The standard InChI is InChI=1S/C18H14ClN3O2S/c19-12-4-6-13(7-5-12)22-10-20-18-16(22)17(25-9-15(24)21-18)11-2-1-3-14(23)8-11/h1-8,10,17,23H,9H2,(H,21,24)/t17-/m1/s1. The zero-order chi connectivity index (χ0) is 17.4. The molecule has 2 aromatic carbocycles. The highest BCUT2D eigenvalue weighted by Gasteiger charge is 2.29. The average molecular weight is 372 g/mol. The van der Waals surface area contributed by atoms with E-state index >= 15 is 0 Å². The summed E-state index contributed by atoms with van der Waals surface area (Å²) >= 11 is 7.49. The first-order valence-corrected chi connectivity index (χ1v) is 9.08. The summed E-state index contributed by atoms with van der Waals surface area (Å²) in [4.78, 5) is 16.4. The number of amides is 1. The molecular formula is C18H14ClN3O2S. The molecule has 0 saturated carbocycles. The molecule has 1 aliphatic heterocycles. The number of phenolic OH excluding ortho intramolecular Hbond substituents is 1. The Hall–Kier alpha value is -2.44. The minimum Gasteiger partial charge on any atom is -0.508 e. The van der Waals surface area contributed by atoms with Crippen molar-refractivity contribution in [2.45, 2.75) is 5.25 Å². The number of benzene rings is 2. The highest BCUT2D eigenvalue weighted by Crippen LogP contribution is 2.42. The molecule has 5 nitrogen and oxygen atoms in total. The smallest absolute Gasteiger partial charge is 0.235 e. The highest BCUT2D eigenvalue weighted by molar-refractivity contribution is 8.00. The van der Waals surface area contributed by atoms with Crippen molar-refractivity contribution in [3.8, 4) is 11.4 Å². The lowest BCUT2D eigenvalue weighted by Gasteiger charge is -2.18. The number of hydrogen-bond acceptors (Lipinski definition) is 4. The maximum Gasteiger partial charge on any atom is 0.235 e. The number of fused-ring (bicyclic) bond motifs is 1. The van der Waals surface area contributed by atoms with E-state index in [1.54, 1.807) is 24.5 Å². The zero-order valence-corrected chi connectivity index (χ0v) is 14.6. The van der Waals surface area contributed by atoms with Crippen molar-refractivity contribution < 1.29 is 9.90 Å². The molecule has 1 aromatic heterocycles. The minimum absolute atomic E-state index is 0.0877. The van der Waals surface area contributed by atoms with E-state index in [0.717, 1.165) is 16.9 Å². The van der Waals surface area contributed by atoms with Crippen molar-refractivity contribution in [2.75, 3.05) is 11.1 Å². The molecule has 1 aliphatic rings. The van der Waals surface area contributed by atoms with Crippen LogP contribution in [0, 0.1) is 0 Å². The summed E-state index contributed by atoms with van der Waals surface area (Å²) in [6, 6.07) is 14.5.